The maximum Gasteiger partial charge on any atom is 0.324 e. The topological polar surface area (TPSA) is 74.8 Å². The summed E-state index contributed by atoms with van der Waals surface area (Å²) in [5, 5.41) is 13.8. The van der Waals surface area contributed by atoms with Crippen LogP contribution < -0.4 is 4.90 Å². The molecule has 0 spiro atoms. The van der Waals surface area contributed by atoms with E-state index in [0.29, 0.717) is 16.9 Å². The van der Waals surface area contributed by atoms with Crippen molar-refractivity contribution in [1.29, 1.82) is 0 Å². The van der Waals surface area contributed by atoms with Crippen LogP contribution in [0, 0.1) is 17.8 Å². The number of nitrogens with zero attached hydrogens (tertiary/aromatic N) is 4. The molecule has 2 fully saturated rings. The van der Waals surface area contributed by atoms with Crippen LogP contribution in [0.2, 0.25) is 0 Å². The molecular formula is C25H38N4O2S. The minimum absolute atomic E-state index is 0.286. The molecular weight excluding hydrogens is 420 g/mol. The molecule has 3 aliphatic rings. The number of rotatable bonds is 4. The van der Waals surface area contributed by atoms with Crippen molar-refractivity contribution in [2.24, 2.45) is 22.7 Å². The molecule has 5 rings (SSSR count). The Bertz CT molecular complexity index is 855. The first kappa shape index (κ1) is 24.6. The van der Waals surface area contributed by atoms with Crippen LogP contribution in [-0.2, 0) is 0 Å². The van der Waals surface area contributed by atoms with E-state index in [9.17, 15) is 5.11 Å². The standard InChI is InChI=1S/C12H15NOS.C11H17N3O.C2H6/c1-15-11-6-7-12(13-8-11)9-2-4-10(14)5-3-9;1-6(2)10-12-11(15-13-10)14-4-8-7(3)9(8)5-14;1-2/h2-5,8,11-12,14H,6-7H2,1H3;6-9H,4-5H2,1-3H3;1-2H3/t;7?,8-,9?;/m.0./s1. The molecule has 0 bridgehead atoms. The Hall–Kier alpha value is -2.02. The second-order valence-electron chi connectivity index (χ2n) is 8.94. The highest BCUT2D eigenvalue weighted by Gasteiger charge is 2.53. The molecule has 7 heteroatoms. The monoisotopic (exact) mass is 458 g/mol. The largest absolute Gasteiger partial charge is 0.508 e. The number of hydrogen-bond donors (Lipinski definition) is 1. The number of aromatic hydroxyl groups is 1. The molecule has 1 aromatic carbocycles. The minimum Gasteiger partial charge on any atom is -0.508 e. The first-order chi connectivity index (χ1) is 15.5. The van der Waals surface area contributed by atoms with Crippen LogP contribution in [0.1, 0.15) is 70.8 Å². The molecule has 2 aliphatic heterocycles. The second kappa shape index (κ2) is 11.2. The molecule has 6 nitrogen and oxygen atoms in total. The molecule has 1 N–H and O–H groups in total. The van der Waals surface area contributed by atoms with E-state index in [0.717, 1.165) is 49.1 Å². The Morgan fingerprint density at radius 3 is 2.25 bits per heavy atom. The SMILES string of the molecule is CC.CC(C)c1noc(N2CC3C(C)[C@@H]3C2)n1.CSC1C=NC(c2ccc(O)cc2)CC1. The van der Waals surface area contributed by atoms with Gasteiger partial charge >= 0.3 is 6.01 Å². The zero-order valence-corrected chi connectivity index (χ0v) is 21.0. The van der Waals surface area contributed by atoms with Crippen LogP contribution in [0.3, 0.4) is 0 Å². The highest BCUT2D eigenvalue weighted by Crippen LogP contribution is 2.51. The highest BCUT2D eigenvalue weighted by molar-refractivity contribution is 7.99. The zero-order chi connectivity index (χ0) is 23.3. The lowest BCUT2D eigenvalue weighted by Crippen LogP contribution is -2.23. The number of aliphatic imine (C=N–C) groups is 1. The van der Waals surface area contributed by atoms with E-state index >= 15 is 0 Å². The molecule has 1 aliphatic carbocycles. The van der Waals surface area contributed by atoms with Crippen molar-refractivity contribution in [3.05, 3.63) is 35.7 Å². The molecule has 0 radical (unpaired) electrons. The van der Waals surface area contributed by atoms with E-state index in [4.69, 9.17) is 4.52 Å². The molecule has 5 atom stereocenters. The van der Waals surface area contributed by atoms with Crippen LogP contribution in [-0.4, -0.2) is 46.1 Å². The average molecular weight is 459 g/mol. The van der Waals surface area contributed by atoms with Crippen molar-refractivity contribution in [2.75, 3.05) is 24.2 Å². The van der Waals surface area contributed by atoms with Gasteiger partial charge in [-0.2, -0.15) is 16.7 Å². The van der Waals surface area contributed by atoms with Gasteiger partial charge in [-0.1, -0.05) is 51.9 Å². The number of phenolic OH excluding ortho intramolecular Hbond substituents is 1. The smallest absolute Gasteiger partial charge is 0.324 e. The summed E-state index contributed by atoms with van der Waals surface area (Å²) in [7, 11) is 0. The van der Waals surface area contributed by atoms with E-state index < -0.39 is 0 Å². The van der Waals surface area contributed by atoms with E-state index in [1.807, 2.05) is 37.7 Å². The van der Waals surface area contributed by atoms with Crippen molar-refractivity contribution >= 4 is 24.0 Å². The molecule has 2 aromatic rings. The number of anilines is 1. The predicted molar refractivity (Wildman–Crippen MR) is 134 cm³/mol. The normalized spacial score (nSPS) is 27.8. The van der Waals surface area contributed by atoms with Crippen molar-refractivity contribution in [3.63, 3.8) is 0 Å². The van der Waals surface area contributed by atoms with Gasteiger partial charge in [0, 0.05) is 30.5 Å². The van der Waals surface area contributed by atoms with E-state index in [1.54, 1.807) is 12.1 Å². The fourth-order valence-electron chi connectivity index (χ4n) is 4.37. The Balaban J connectivity index is 0.000000168. The van der Waals surface area contributed by atoms with Gasteiger partial charge < -0.3 is 14.5 Å². The third-order valence-electron chi connectivity index (χ3n) is 6.58. The summed E-state index contributed by atoms with van der Waals surface area (Å²) >= 11 is 1.86. The summed E-state index contributed by atoms with van der Waals surface area (Å²) in [5.74, 6) is 4.14. The number of aromatic nitrogens is 2. The molecule has 1 saturated carbocycles. The average Bonchev–Trinajstić information content (AvgIpc) is 3.23. The van der Waals surface area contributed by atoms with Gasteiger partial charge in [0.05, 0.1) is 6.04 Å². The summed E-state index contributed by atoms with van der Waals surface area (Å²) in [6.07, 6.45) is 6.48. The van der Waals surface area contributed by atoms with Gasteiger partial charge in [0.25, 0.3) is 0 Å². The van der Waals surface area contributed by atoms with Crippen LogP contribution in [0.25, 0.3) is 0 Å². The van der Waals surface area contributed by atoms with Gasteiger partial charge in [0.1, 0.15) is 5.75 Å². The Morgan fingerprint density at radius 2 is 1.75 bits per heavy atom. The predicted octanol–water partition coefficient (Wildman–Crippen LogP) is 5.95. The van der Waals surface area contributed by atoms with Crippen molar-refractivity contribution in [2.45, 2.75) is 64.7 Å². The van der Waals surface area contributed by atoms with Gasteiger partial charge in [-0.05, 0) is 54.5 Å². The number of piperidine rings is 1. The maximum absolute atomic E-state index is 9.19. The Kier molecular flexibility index (Phi) is 8.63. The lowest BCUT2D eigenvalue weighted by Gasteiger charge is -2.21. The van der Waals surface area contributed by atoms with Crippen molar-refractivity contribution in [1.82, 2.24) is 10.1 Å². The number of phenols is 1. The molecule has 176 valence electrons. The molecule has 4 unspecified atom stereocenters. The summed E-state index contributed by atoms with van der Waals surface area (Å²) < 4.78 is 5.28. The first-order valence-corrected chi connectivity index (χ1v) is 13.2. The van der Waals surface area contributed by atoms with Gasteiger partial charge in [-0.15, -0.1) is 0 Å². The number of thioether (sulfide) groups is 1. The summed E-state index contributed by atoms with van der Waals surface area (Å²) in [6, 6.07) is 8.37. The van der Waals surface area contributed by atoms with E-state index in [1.165, 1.54) is 12.0 Å². The number of hydrogen-bond acceptors (Lipinski definition) is 7. The number of benzene rings is 1. The van der Waals surface area contributed by atoms with Gasteiger partial charge in [0.15, 0.2) is 5.82 Å². The molecule has 3 heterocycles. The lowest BCUT2D eigenvalue weighted by atomic mass is 9.99. The van der Waals surface area contributed by atoms with Crippen LogP contribution >= 0.6 is 11.8 Å². The molecule has 0 amide bonds. The summed E-state index contributed by atoms with van der Waals surface area (Å²) in [6.45, 7) is 12.7. The maximum atomic E-state index is 9.19. The van der Waals surface area contributed by atoms with Crippen molar-refractivity contribution in [3.8, 4) is 5.75 Å². The summed E-state index contributed by atoms with van der Waals surface area (Å²) in [4.78, 5) is 11.2. The lowest BCUT2D eigenvalue weighted by molar-refractivity contribution is 0.403. The molecule has 1 saturated heterocycles. The number of fused-ring (bicyclic) bond motifs is 1. The van der Waals surface area contributed by atoms with Crippen LogP contribution in [0.5, 0.6) is 5.75 Å². The van der Waals surface area contributed by atoms with Crippen molar-refractivity contribution < 1.29 is 9.63 Å². The van der Waals surface area contributed by atoms with Gasteiger partial charge in [-0.25, -0.2) is 0 Å². The van der Waals surface area contributed by atoms with Crippen LogP contribution in [0.4, 0.5) is 6.01 Å². The van der Waals surface area contributed by atoms with E-state index in [2.05, 4.69) is 53.3 Å². The second-order valence-corrected chi connectivity index (χ2v) is 10.0. The van der Waals surface area contributed by atoms with Gasteiger partial charge in [-0.3, -0.25) is 4.99 Å². The molecule has 1 aromatic heterocycles. The summed E-state index contributed by atoms with van der Waals surface area (Å²) in [5.41, 5.74) is 1.20. The van der Waals surface area contributed by atoms with Crippen LogP contribution in [0.15, 0.2) is 33.8 Å². The Morgan fingerprint density at radius 1 is 1.09 bits per heavy atom. The quantitative estimate of drug-likeness (QED) is 0.610. The fraction of sp³-hybridized carbons (Fsp3) is 0.640. The van der Waals surface area contributed by atoms with Gasteiger partial charge in [0.2, 0.25) is 0 Å². The fourth-order valence-corrected chi connectivity index (χ4v) is 4.93. The van der Waals surface area contributed by atoms with E-state index in [-0.39, 0.29) is 6.04 Å². The minimum atomic E-state index is 0.286. The third-order valence-corrected chi connectivity index (χ3v) is 7.54. The Labute approximate surface area is 196 Å². The molecule has 32 heavy (non-hydrogen) atoms. The highest BCUT2D eigenvalue weighted by atomic mass is 32.2. The first-order valence-electron chi connectivity index (χ1n) is 11.9. The third kappa shape index (κ3) is 5.85. The zero-order valence-electron chi connectivity index (χ0n) is 20.2.